The summed E-state index contributed by atoms with van der Waals surface area (Å²) in [6, 6.07) is 11.3. The number of benzene rings is 2. The molecule has 0 saturated heterocycles. The summed E-state index contributed by atoms with van der Waals surface area (Å²) in [4.78, 5) is 5.13. The van der Waals surface area contributed by atoms with Crippen LogP contribution in [0.5, 0.6) is 5.75 Å². The van der Waals surface area contributed by atoms with E-state index in [4.69, 9.17) is 9.17 Å². The number of rotatable bonds is 10. The predicted molar refractivity (Wildman–Crippen MR) is 144 cm³/mol. The first-order valence-corrected chi connectivity index (χ1v) is 13.9. The summed E-state index contributed by atoms with van der Waals surface area (Å²) in [5.74, 6) is -0.807. The maximum atomic E-state index is 14.0. The number of halogens is 1. The molecule has 0 aliphatic heterocycles. The molecule has 1 heterocycles. The van der Waals surface area contributed by atoms with Crippen LogP contribution in [-0.2, 0) is 21.0 Å². The number of aryl methyl sites for hydroxylation is 1. The summed E-state index contributed by atoms with van der Waals surface area (Å²) >= 11 is 0. The molecular formula is C29H36FNO5S. The Labute approximate surface area is 219 Å². The minimum Gasteiger partial charge on any atom is -0.508 e. The van der Waals surface area contributed by atoms with Gasteiger partial charge in [0.1, 0.15) is 11.6 Å². The molecule has 3 aromatic rings. The van der Waals surface area contributed by atoms with E-state index in [0.29, 0.717) is 11.1 Å². The molecular weight excluding hydrogens is 493 g/mol. The highest BCUT2D eigenvalue weighted by Gasteiger charge is 2.30. The molecule has 0 radical (unpaired) electrons. The van der Waals surface area contributed by atoms with Gasteiger partial charge in [0.05, 0.1) is 6.61 Å². The average molecular weight is 530 g/mol. The fraction of sp³-hybridized carbons (Fsp3) is 0.414. The fourth-order valence-electron chi connectivity index (χ4n) is 4.79. The van der Waals surface area contributed by atoms with E-state index in [2.05, 4.69) is 20.8 Å². The van der Waals surface area contributed by atoms with E-state index < -0.39 is 16.3 Å². The van der Waals surface area contributed by atoms with Gasteiger partial charge in [-0.2, -0.15) is 8.42 Å². The third-order valence-electron chi connectivity index (χ3n) is 6.48. The number of aromatic nitrogens is 1. The van der Waals surface area contributed by atoms with Crippen LogP contribution in [0.25, 0.3) is 11.1 Å². The van der Waals surface area contributed by atoms with Crippen LogP contribution >= 0.6 is 0 Å². The van der Waals surface area contributed by atoms with Gasteiger partial charge in [0, 0.05) is 17.3 Å². The lowest BCUT2D eigenvalue weighted by atomic mass is 9.78. The van der Waals surface area contributed by atoms with Crippen LogP contribution in [0.1, 0.15) is 92.4 Å². The number of phenols is 1. The van der Waals surface area contributed by atoms with Gasteiger partial charge in [-0.25, -0.2) is 8.57 Å². The normalized spacial score (nSPS) is 12.9. The predicted octanol–water partition coefficient (Wildman–Crippen LogP) is 7.05. The molecule has 1 aromatic heterocycles. The molecule has 0 saturated carbocycles. The first-order valence-electron chi connectivity index (χ1n) is 12.6. The Kier molecular flexibility index (Phi) is 9.10. The molecule has 2 aromatic carbocycles. The van der Waals surface area contributed by atoms with Crippen LogP contribution in [0.4, 0.5) is 4.39 Å². The molecule has 0 aliphatic rings. The van der Waals surface area contributed by atoms with Gasteiger partial charge in [0.15, 0.2) is 0 Å². The van der Waals surface area contributed by atoms with Crippen molar-refractivity contribution in [3.05, 3.63) is 81.9 Å². The van der Waals surface area contributed by atoms with E-state index in [1.54, 1.807) is 37.3 Å². The molecule has 2 N–H and O–H groups in total. The maximum Gasteiger partial charge on any atom is 0.397 e. The zero-order chi connectivity index (χ0) is 27.5. The van der Waals surface area contributed by atoms with Crippen LogP contribution in [-0.4, -0.2) is 29.7 Å². The van der Waals surface area contributed by atoms with Gasteiger partial charge in [-0.1, -0.05) is 65.3 Å². The van der Waals surface area contributed by atoms with Crippen molar-refractivity contribution in [2.24, 2.45) is 0 Å². The first kappa shape index (κ1) is 28.8. The molecule has 200 valence electrons. The van der Waals surface area contributed by atoms with Gasteiger partial charge in [-0.05, 0) is 76.8 Å². The summed E-state index contributed by atoms with van der Waals surface area (Å²) in [6.45, 7) is 11.7. The standard InChI is InChI=1S/C29H36FNO5S/c1-7-8-23-26(20-9-12-22(30)13-10-20)27(29(18(4)5)31-28(23)17(2)3)24(16-36-37(33,34)35)21-11-14-25(32)19(6)15-21/h9-15,17-18,24,32H,7-8,16H2,1-6H3,(H,33,34,35). The molecule has 0 amide bonds. The Morgan fingerprint density at radius 1 is 1.00 bits per heavy atom. The number of hydrogen-bond acceptors (Lipinski definition) is 5. The Balaban J connectivity index is 2.50. The van der Waals surface area contributed by atoms with Crippen molar-refractivity contribution in [3.63, 3.8) is 0 Å². The number of pyridine rings is 1. The molecule has 3 rings (SSSR count). The van der Waals surface area contributed by atoms with E-state index in [0.717, 1.165) is 46.5 Å². The number of phenolic OH excluding ortho intramolecular Hbond substituents is 1. The van der Waals surface area contributed by atoms with Crippen molar-refractivity contribution < 1.29 is 26.7 Å². The summed E-state index contributed by atoms with van der Waals surface area (Å²) in [7, 11) is -4.73. The van der Waals surface area contributed by atoms with Crippen LogP contribution in [0.15, 0.2) is 42.5 Å². The van der Waals surface area contributed by atoms with E-state index >= 15 is 0 Å². The second-order valence-corrected chi connectivity index (χ2v) is 11.1. The Morgan fingerprint density at radius 2 is 1.62 bits per heavy atom. The van der Waals surface area contributed by atoms with Crippen molar-refractivity contribution in [1.82, 2.24) is 4.98 Å². The average Bonchev–Trinajstić information content (AvgIpc) is 2.81. The second kappa shape index (κ2) is 11.7. The lowest BCUT2D eigenvalue weighted by molar-refractivity contribution is 0.259. The first-order chi connectivity index (χ1) is 17.3. The van der Waals surface area contributed by atoms with E-state index in [-0.39, 0.29) is 30.0 Å². The number of aromatic hydroxyl groups is 1. The zero-order valence-electron chi connectivity index (χ0n) is 22.2. The SMILES string of the molecule is CCCc1c(C(C)C)nc(C(C)C)c(C(COS(=O)(=O)O)c2ccc(O)c(C)c2)c1-c1ccc(F)cc1. The maximum absolute atomic E-state index is 14.0. The highest BCUT2D eigenvalue weighted by Crippen LogP contribution is 2.43. The van der Waals surface area contributed by atoms with Crippen LogP contribution < -0.4 is 0 Å². The Hall–Kier alpha value is -2.81. The van der Waals surface area contributed by atoms with Crippen LogP contribution in [0.2, 0.25) is 0 Å². The largest absolute Gasteiger partial charge is 0.508 e. The van der Waals surface area contributed by atoms with Crippen LogP contribution in [0, 0.1) is 12.7 Å². The molecule has 6 nitrogen and oxygen atoms in total. The quantitative estimate of drug-likeness (QED) is 0.273. The van der Waals surface area contributed by atoms with Crippen molar-refractivity contribution in [2.75, 3.05) is 6.61 Å². The van der Waals surface area contributed by atoms with Crippen molar-refractivity contribution >= 4 is 10.4 Å². The fourth-order valence-corrected chi connectivity index (χ4v) is 5.10. The van der Waals surface area contributed by atoms with Gasteiger partial charge in [-0.15, -0.1) is 0 Å². The summed E-state index contributed by atoms with van der Waals surface area (Å²) in [5.41, 5.74) is 6.49. The smallest absolute Gasteiger partial charge is 0.397 e. The lowest BCUT2D eigenvalue weighted by Crippen LogP contribution is -2.20. The minimum absolute atomic E-state index is 0.0335. The minimum atomic E-state index is -4.73. The van der Waals surface area contributed by atoms with E-state index in [1.807, 2.05) is 13.8 Å². The third kappa shape index (κ3) is 6.74. The molecule has 0 aliphatic carbocycles. The molecule has 0 spiro atoms. The summed E-state index contributed by atoms with van der Waals surface area (Å²) in [5, 5.41) is 10.2. The summed E-state index contributed by atoms with van der Waals surface area (Å²) < 4.78 is 51.8. The van der Waals surface area contributed by atoms with Gasteiger partial charge in [0.2, 0.25) is 0 Å². The van der Waals surface area contributed by atoms with Gasteiger partial charge >= 0.3 is 10.4 Å². The van der Waals surface area contributed by atoms with E-state index in [9.17, 15) is 22.5 Å². The van der Waals surface area contributed by atoms with Gasteiger partial charge < -0.3 is 5.11 Å². The molecule has 8 heteroatoms. The van der Waals surface area contributed by atoms with Crippen molar-refractivity contribution in [3.8, 4) is 16.9 Å². The van der Waals surface area contributed by atoms with Crippen LogP contribution in [0.3, 0.4) is 0 Å². The second-order valence-electron chi connectivity index (χ2n) is 10.0. The third-order valence-corrected chi connectivity index (χ3v) is 6.91. The number of hydrogen-bond donors (Lipinski definition) is 2. The molecule has 37 heavy (non-hydrogen) atoms. The highest BCUT2D eigenvalue weighted by molar-refractivity contribution is 7.80. The summed E-state index contributed by atoms with van der Waals surface area (Å²) in [6.07, 6.45) is 1.57. The highest BCUT2D eigenvalue weighted by atomic mass is 32.3. The lowest BCUT2D eigenvalue weighted by Gasteiger charge is -2.29. The van der Waals surface area contributed by atoms with Crippen molar-refractivity contribution in [1.29, 1.82) is 0 Å². The molecule has 0 bridgehead atoms. The molecule has 0 fully saturated rings. The van der Waals surface area contributed by atoms with Gasteiger partial charge in [0.25, 0.3) is 0 Å². The molecule has 1 unspecified atom stereocenters. The number of nitrogens with zero attached hydrogens (tertiary/aromatic N) is 1. The monoisotopic (exact) mass is 529 g/mol. The Morgan fingerprint density at radius 3 is 2.14 bits per heavy atom. The van der Waals surface area contributed by atoms with Crippen molar-refractivity contribution in [2.45, 2.75) is 72.1 Å². The van der Waals surface area contributed by atoms with E-state index in [1.165, 1.54) is 12.1 Å². The topological polar surface area (TPSA) is 96.7 Å². The Bertz CT molecular complexity index is 1350. The molecule has 1 atom stereocenters. The zero-order valence-corrected chi connectivity index (χ0v) is 23.1. The van der Waals surface area contributed by atoms with Gasteiger partial charge in [-0.3, -0.25) is 9.54 Å².